The van der Waals surface area contributed by atoms with Crippen molar-refractivity contribution in [2.75, 3.05) is 36.3 Å². The number of benzene rings is 4. The number of carbonyl (C=O) groups excluding carboxylic acids is 4. The van der Waals surface area contributed by atoms with E-state index in [0.29, 0.717) is 102 Å². The van der Waals surface area contributed by atoms with Crippen molar-refractivity contribution in [2.45, 2.75) is 39.5 Å². The molecule has 0 bridgehead atoms. The molecule has 58 heavy (non-hydrogen) atoms. The van der Waals surface area contributed by atoms with Crippen molar-refractivity contribution in [2.24, 2.45) is 0 Å². The molecule has 0 unspecified atom stereocenters. The number of hydrogen-bond donors (Lipinski definition) is 1. The lowest BCUT2D eigenvalue weighted by Crippen LogP contribution is -2.23. The third-order valence-electron chi connectivity index (χ3n) is 8.61. The van der Waals surface area contributed by atoms with E-state index in [1.54, 1.807) is 67.3 Å². The first kappa shape index (κ1) is 44.3. The predicted molar refractivity (Wildman–Crippen MR) is 227 cm³/mol. The van der Waals surface area contributed by atoms with Crippen LogP contribution in [-0.4, -0.2) is 48.7 Å². The summed E-state index contributed by atoms with van der Waals surface area (Å²) in [6.45, 7) is 4.55. The Labute approximate surface area is 358 Å². The van der Waals surface area contributed by atoms with Crippen LogP contribution in [0.3, 0.4) is 0 Å². The van der Waals surface area contributed by atoms with Gasteiger partial charge in [0.2, 0.25) is 11.1 Å². The molecule has 16 heteroatoms. The van der Waals surface area contributed by atoms with Crippen LogP contribution in [0.5, 0.6) is 0 Å². The summed E-state index contributed by atoms with van der Waals surface area (Å²) < 4.78 is 50.0. The monoisotopic (exact) mass is 962 g/mol. The van der Waals surface area contributed by atoms with Crippen LogP contribution in [0.25, 0.3) is 44.6 Å². The van der Waals surface area contributed by atoms with Crippen LogP contribution in [0.4, 0.5) is 20.2 Å². The Bertz CT molecular complexity index is 2450. The fourth-order valence-corrected chi connectivity index (χ4v) is 7.14. The van der Waals surface area contributed by atoms with Crippen molar-refractivity contribution in [3.05, 3.63) is 105 Å². The average molecular weight is 965 g/mol. The molecule has 0 radical (unpaired) electrons. The van der Waals surface area contributed by atoms with E-state index in [4.69, 9.17) is 47.2 Å². The molecule has 0 atom stereocenters. The first-order chi connectivity index (χ1) is 27.8. The number of alkyl halides is 1. The van der Waals surface area contributed by atoms with Gasteiger partial charge in [0.05, 0.1) is 18.9 Å². The second kappa shape index (κ2) is 20.3. The molecule has 7 rings (SSSR count). The van der Waals surface area contributed by atoms with Gasteiger partial charge in [-0.25, -0.2) is 18.4 Å². The normalized spacial score (nSPS) is 12.2. The van der Waals surface area contributed by atoms with Gasteiger partial charge < -0.3 is 28.9 Å². The highest BCUT2D eigenvalue weighted by Gasteiger charge is 2.29. The number of nitrogen functional groups attached to an aromatic ring is 1. The Hall–Kier alpha value is -4.76. The zero-order valence-corrected chi connectivity index (χ0v) is 35.8. The standard InChI is InChI=1S/C21H17BrFNO4.C17H13BrFNO3.C4H6Cl2O/c1-2-27-21(26)19-14-10-15(22)16(24-9-3-4-18(24)25)11-17(14)28-20(19)12-5-7-13(23)8-6-12;1-2-22-17(21)15-11-7-12(18)13(20)8-14(11)23-16(15)9-3-5-10(19)6-4-9;5-3-1-2-4(6)7/h5-8,10-11H,2-4,9H2,1H3;3-8H,2,20H2,1H3;1-3H2. The van der Waals surface area contributed by atoms with Gasteiger partial charge in [-0.1, -0.05) is 0 Å². The van der Waals surface area contributed by atoms with E-state index < -0.39 is 11.9 Å². The number of halogens is 6. The van der Waals surface area contributed by atoms with Gasteiger partial charge in [0.1, 0.15) is 45.4 Å². The van der Waals surface area contributed by atoms with Crippen molar-refractivity contribution in [3.8, 4) is 22.6 Å². The van der Waals surface area contributed by atoms with Crippen LogP contribution < -0.4 is 10.6 Å². The van der Waals surface area contributed by atoms with Gasteiger partial charge in [0.25, 0.3) is 0 Å². The Morgan fingerprint density at radius 1 is 0.793 bits per heavy atom. The van der Waals surface area contributed by atoms with Gasteiger partial charge in [-0.15, -0.1) is 11.6 Å². The summed E-state index contributed by atoms with van der Waals surface area (Å²) in [5, 5.41) is 0.851. The molecule has 10 nitrogen and oxygen atoms in total. The summed E-state index contributed by atoms with van der Waals surface area (Å²) in [4.78, 5) is 48.8. The summed E-state index contributed by atoms with van der Waals surface area (Å²) in [6, 6.07) is 18.3. The van der Waals surface area contributed by atoms with E-state index in [0.717, 1.165) is 6.42 Å². The summed E-state index contributed by atoms with van der Waals surface area (Å²) in [7, 11) is 0. The number of fused-ring (bicyclic) bond motifs is 2. The van der Waals surface area contributed by atoms with Crippen molar-refractivity contribution in [3.63, 3.8) is 0 Å². The molecule has 4 aromatic carbocycles. The van der Waals surface area contributed by atoms with Gasteiger partial charge in [-0.2, -0.15) is 0 Å². The minimum absolute atomic E-state index is 0.0518. The molecule has 1 aliphatic heterocycles. The highest BCUT2D eigenvalue weighted by atomic mass is 79.9. The SMILES string of the molecule is CCOC(=O)c1c(-c2ccc(F)cc2)oc2cc(N)c(Br)cc12.CCOC(=O)c1c(-c2ccc(F)cc2)oc2cc(N3CCCC3=O)c(Br)cc12.O=C(Cl)CCCCl. The maximum absolute atomic E-state index is 13.3. The lowest BCUT2D eigenvalue weighted by Gasteiger charge is -2.17. The fraction of sp³-hybridized carbons (Fsp3) is 0.238. The quantitative estimate of drug-likeness (QED) is 0.0614. The van der Waals surface area contributed by atoms with Crippen LogP contribution >= 0.6 is 55.1 Å². The summed E-state index contributed by atoms with van der Waals surface area (Å²) in [5.74, 6) is -0.556. The van der Waals surface area contributed by atoms with Crippen LogP contribution in [0.2, 0.25) is 0 Å². The van der Waals surface area contributed by atoms with Crippen molar-refractivity contribution in [1.29, 1.82) is 0 Å². The maximum Gasteiger partial charge on any atom is 0.342 e. The molecule has 0 spiro atoms. The molecule has 1 aliphatic rings. The number of furan rings is 2. The number of nitrogens with zero attached hydrogens (tertiary/aromatic N) is 1. The van der Waals surface area contributed by atoms with E-state index in [9.17, 15) is 28.0 Å². The fourth-order valence-electron chi connectivity index (χ4n) is 5.97. The Morgan fingerprint density at radius 2 is 1.28 bits per heavy atom. The number of nitrogens with two attached hydrogens (primary N) is 1. The van der Waals surface area contributed by atoms with E-state index in [1.165, 1.54) is 24.3 Å². The number of esters is 2. The number of ether oxygens (including phenoxy) is 2. The number of hydrogen-bond acceptors (Lipinski definition) is 9. The lowest BCUT2D eigenvalue weighted by atomic mass is 10.1. The van der Waals surface area contributed by atoms with Gasteiger partial charge in [-0.05, 0) is 131 Å². The molecule has 6 aromatic rings. The summed E-state index contributed by atoms with van der Waals surface area (Å²) >= 11 is 17.1. The molecule has 1 saturated heterocycles. The van der Waals surface area contributed by atoms with Crippen molar-refractivity contribution >= 4 is 111 Å². The molecular formula is C42H36Br2Cl2F2N2O8. The minimum Gasteiger partial charge on any atom is -0.462 e. The Morgan fingerprint density at radius 3 is 1.69 bits per heavy atom. The van der Waals surface area contributed by atoms with Crippen molar-refractivity contribution < 1.29 is 46.3 Å². The lowest BCUT2D eigenvalue weighted by molar-refractivity contribution is -0.117. The Balaban J connectivity index is 0.000000193. The molecule has 2 aromatic heterocycles. The molecule has 0 saturated carbocycles. The van der Waals surface area contributed by atoms with E-state index in [2.05, 4.69) is 31.9 Å². The van der Waals surface area contributed by atoms with Gasteiger partial charge >= 0.3 is 11.9 Å². The number of rotatable bonds is 10. The van der Waals surface area contributed by atoms with E-state index in [1.807, 2.05) is 0 Å². The molecule has 304 valence electrons. The molecular weight excluding hydrogens is 929 g/mol. The van der Waals surface area contributed by atoms with Gasteiger partial charge in [0, 0.05) is 73.9 Å². The second-order valence-corrected chi connectivity index (χ2v) is 15.0. The molecule has 0 aliphatic carbocycles. The molecule has 1 fully saturated rings. The van der Waals surface area contributed by atoms with Crippen LogP contribution in [0.15, 0.2) is 90.6 Å². The van der Waals surface area contributed by atoms with E-state index >= 15 is 0 Å². The maximum atomic E-state index is 13.3. The minimum atomic E-state index is -0.516. The number of amides is 1. The first-order valence-corrected chi connectivity index (χ1v) is 20.5. The third-order valence-corrected chi connectivity index (χ3v) is 10.4. The van der Waals surface area contributed by atoms with Gasteiger partial charge in [0.15, 0.2) is 0 Å². The topological polar surface area (TPSA) is 142 Å². The average Bonchev–Trinajstić information content (AvgIpc) is 3.89. The largest absolute Gasteiger partial charge is 0.462 e. The highest BCUT2D eigenvalue weighted by Crippen LogP contribution is 2.41. The molecule has 2 N–H and O–H groups in total. The Kier molecular flexibility index (Phi) is 15.5. The predicted octanol–water partition coefficient (Wildman–Crippen LogP) is 11.8. The summed E-state index contributed by atoms with van der Waals surface area (Å²) in [6.07, 6.45) is 2.39. The molecule has 1 amide bonds. The highest BCUT2D eigenvalue weighted by molar-refractivity contribution is 9.11. The number of carbonyl (C=O) groups is 4. The molecule has 3 heterocycles. The smallest absolute Gasteiger partial charge is 0.342 e. The third kappa shape index (κ3) is 10.5. The zero-order valence-electron chi connectivity index (χ0n) is 31.1. The number of anilines is 2. The van der Waals surface area contributed by atoms with E-state index in [-0.39, 0.29) is 41.6 Å². The van der Waals surface area contributed by atoms with Gasteiger partial charge in [-0.3, -0.25) is 9.59 Å². The van der Waals surface area contributed by atoms with Crippen LogP contribution in [-0.2, 0) is 19.1 Å². The first-order valence-electron chi connectivity index (χ1n) is 18.0. The zero-order chi connectivity index (χ0) is 42.1. The van der Waals surface area contributed by atoms with Crippen LogP contribution in [0, 0.1) is 11.6 Å². The van der Waals surface area contributed by atoms with Crippen molar-refractivity contribution in [1.82, 2.24) is 0 Å². The second-order valence-electron chi connectivity index (χ2n) is 12.5. The van der Waals surface area contributed by atoms with Crippen LogP contribution in [0.1, 0.15) is 60.2 Å². The summed E-state index contributed by atoms with van der Waals surface area (Å²) in [5.41, 5.74) is 9.71.